The summed E-state index contributed by atoms with van der Waals surface area (Å²) in [6, 6.07) is 9.50. The number of benzene rings is 2. The zero-order chi connectivity index (χ0) is 11.1. The van der Waals surface area contributed by atoms with Gasteiger partial charge in [0.25, 0.3) is 0 Å². The molecule has 0 aromatic heterocycles. The van der Waals surface area contributed by atoms with Crippen LogP contribution >= 0.6 is 0 Å². The zero-order valence-corrected chi connectivity index (χ0v) is 9.10. The van der Waals surface area contributed by atoms with Crippen LogP contribution in [0.25, 0.3) is 10.8 Å². The Balaban J connectivity index is 2.28. The van der Waals surface area contributed by atoms with Crippen LogP contribution in [0.3, 0.4) is 0 Å². The Bertz CT molecular complexity index is 551. The lowest BCUT2D eigenvalue weighted by molar-refractivity contribution is 0.123. The van der Waals surface area contributed by atoms with Crippen LogP contribution in [0.1, 0.15) is 5.56 Å². The monoisotopic (exact) mass is 215 g/mol. The minimum atomic E-state index is 0.308. The smallest absolute Gasteiger partial charge is 0.142 e. The van der Waals surface area contributed by atoms with Crippen molar-refractivity contribution in [3.63, 3.8) is 0 Å². The molecule has 3 nitrogen and oxygen atoms in total. The molecule has 0 atom stereocenters. The van der Waals surface area contributed by atoms with E-state index in [0.29, 0.717) is 12.5 Å². The van der Waals surface area contributed by atoms with Crippen molar-refractivity contribution in [2.24, 2.45) is 0 Å². The number of hydrogen-bond donors (Lipinski definition) is 1. The lowest BCUT2D eigenvalue weighted by Gasteiger charge is -2.26. The van der Waals surface area contributed by atoms with Crippen LogP contribution in [0.4, 0.5) is 0 Å². The number of rotatable bonds is 0. The Morgan fingerprint density at radius 1 is 1.19 bits per heavy atom. The van der Waals surface area contributed by atoms with Gasteiger partial charge in [-0.3, -0.25) is 4.90 Å². The maximum Gasteiger partial charge on any atom is 0.142 e. The van der Waals surface area contributed by atoms with Gasteiger partial charge in [0.05, 0.1) is 0 Å². The molecule has 0 saturated carbocycles. The highest BCUT2D eigenvalue weighted by Crippen LogP contribution is 2.36. The molecule has 82 valence electrons. The van der Waals surface area contributed by atoms with Crippen molar-refractivity contribution in [1.82, 2.24) is 4.90 Å². The molecule has 0 spiro atoms. The Labute approximate surface area is 93.9 Å². The molecule has 1 N–H and O–H groups in total. The molecule has 2 aromatic carbocycles. The normalized spacial score (nSPS) is 15.8. The lowest BCUT2D eigenvalue weighted by atomic mass is 10.0. The van der Waals surface area contributed by atoms with E-state index < -0.39 is 0 Å². The summed E-state index contributed by atoms with van der Waals surface area (Å²) in [7, 11) is 2.02. The van der Waals surface area contributed by atoms with Crippen molar-refractivity contribution in [3.05, 3.63) is 35.9 Å². The third-order valence-corrected chi connectivity index (χ3v) is 2.94. The molecule has 0 unspecified atom stereocenters. The second-order valence-electron chi connectivity index (χ2n) is 4.21. The van der Waals surface area contributed by atoms with Crippen LogP contribution in [0.15, 0.2) is 30.3 Å². The molecule has 0 radical (unpaired) electrons. The number of ether oxygens (including phenoxy) is 1. The average molecular weight is 215 g/mol. The van der Waals surface area contributed by atoms with Crippen molar-refractivity contribution >= 4 is 10.8 Å². The van der Waals surface area contributed by atoms with Crippen LogP contribution < -0.4 is 4.74 Å². The molecule has 0 bridgehead atoms. The molecule has 16 heavy (non-hydrogen) atoms. The third kappa shape index (κ3) is 1.32. The average Bonchev–Trinajstić information content (AvgIpc) is 2.28. The summed E-state index contributed by atoms with van der Waals surface area (Å²) in [4.78, 5) is 2.11. The first-order valence-electron chi connectivity index (χ1n) is 5.30. The van der Waals surface area contributed by atoms with Crippen molar-refractivity contribution in [3.8, 4) is 11.5 Å². The topological polar surface area (TPSA) is 32.7 Å². The summed E-state index contributed by atoms with van der Waals surface area (Å²) in [5, 5.41) is 11.6. The van der Waals surface area contributed by atoms with E-state index in [1.807, 2.05) is 31.3 Å². The Kier molecular flexibility index (Phi) is 2.01. The van der Waals surface area contributed by atoms with E-state index in [0.717, 1.165) is 23.1 Å². The molecule has 0 aliphatic carbocycles. The minimum absolute atomic E-state index is 0.308. The van der Waals surface area contributed by atoms with E-state index in [1.165, 1.54) is 5.56 Å². The number of aromatic hydroxyl groups is 1. The maximum atomic E-state index is 9.76. The van der Waals surface area contributed by atoms with Crippen LogP contribution in [0.2, 0.25) is 0 Å². The fraction of sp³-hybridized carbons (Fsp3) is 0.231. The van der Waals surface area contributed by atoms with Gasteiger partial charge in [-0.15, -0.1) is 0 Å². The van der Waals surface area contributed by atoms with Crippen molar-refractivity contribution in [2.75, 3.05) is 13.8 Å². The van der Waals surface area contributed by atoms with E-state index in [9.17, 15) is 5.11 Å². The van der Waals surface area contributed by atoms with E-state index >= 15 is 0 Å². The quantitative estimate of drug-likeness (QED) is 0.732. The molecular weight excluding hydrogens is 202 g/mol. The molecule has 1 heterocycles. The van der Waals surface area contributed by atoms with E-state index in [1.54, 1.807) is 6.07 Å². The van der Waals surface area contributed by atoms with Crippen LogP contribution in [-0.4, -0.2) is 23.8 Å². The van der Waals surface area contributed by atoms with E-state index in [-0.39, 0.29) is 0 Å². The second kappa shape index (κ2) is 3.39. The maximum absolute atomic E-state index is 9.76. The fourth-order valence-corrected chi connectivity index (χ4v) is 2.16. The summed E-state index contributed by atoms with van der Waals surface area (Å²) in [5.74, 6) is 1.22. The lowest BCUT2D eigenvalue weighted by Crippen LogP contribution is -2.28. The van der Waals surface area contributed by atoms with Crippen LogP contribution in [0.5, 0.6) is 11.5 Å². The number of nitrogens with zero attached hydrogens (tertiary/aromatic N) is 1. The van der Waals surface area contributed by atoms with Gasteiger partial charge in [0, 0.05) is 22.9 Å². The predicted molar refractivity (Wildman–Crippen MR) is 62.6 cm³/mol. The first-order chi connectivity index (χ1) is 7.75. The number of phenolic OH excluding ortho intramolecular Hbond substituents is 1. The highest BCUT2D eigenvalue weighted by Gasteiger charge is 2.17. The van der Waals surface area contributed by atoms with E-state index in [2.05, 4.69) is 4.90 Å². The minimum Gasteiger partial charge on any atom is -0.507 e. The van der Waals surface area contributed by atoms with Gasteiger partial charge in [-0.1, -0.05) is 24.3 Å². The first-order valence-corrected chi connectivity index (χ1v) is 5.30. The summed E-state index contributed by atoms with van der Waals surface area (Å²) in [6.07, 6.45) is 0. The number of fused-ring (bicyclic) bond motifs is 3. The summed E-state index contributed by atoms with van der Waals surface area (Å²) in [6.45, 7) is 1.49. The zero-order valence-electron chi connectivity index (χ0n) is 9.10. The van der Waals surface area contributed by atoms with Gasteiger partial charge in [-0.2, -0.15) is 0 Å². The predicted octanol–water partition coefficient (Wildman–Crippen LogP) is 2.33. The largest absolute Gasteiger partial charge is 0.507 e. The molecule has 1 aliphatic rings. The summed E-state index contributed by atoms with van der Waals surface area (Å²) in [5.41, 5.74) is 1.17. The van der Waals surface area contributed by atoms with Gasteiger partial charge in [0.2, 0.25) is 0 Å². The standard InChI is InChI=1S/C13H13NO2/c1-14-7-9-5-6-10-11(13(9)16-8-14)3-2-4-12(10)15/h2-6,15H,7-8H2,1H3. The second-order valence-corrected chi connectivity index (χ2v) is 4.21. The Hall–Kier alpha value is -1.74. The molecule has 1 aliphatic heterocycles. The molecule has 2 aromatic rings. The van der Waals surface area contributed by atoms with Crippen molar-refractivity contribution < 1.29 is 9.84 Å². The highest BCUT2D eigenvalue weighted by molar-refractivity contribution is 5.94. The Morgan fingerprint density at radius 2 is 2.06 bits per heavy atom. The van der Waals surface area contributed by atoms with Gasteiger partial charge < -0.3 is 9.84 Å². The molecule has 0 saturated heterocycles. The van der Waals surface area contributed by atoms with E-state index in [4.69, 9.17) is 4.74 Å². The molecule has 0 amide bonds. The van der Waals surface area contributed by atoms with Crippen LogP contribution in [-0.2, 0) is 6.54 Å². The number of phenols is 1. The SMILES string of the molecule is CN1COc2c(ccc3c(O)cccc23)C1. The van der Waals surface area contributed by atoms with Gasteiger partial charge in [-0.25, -0.2) is 0 Å². The summed E-state index contributed by atoms with van der Waals surface area (Å²) < 4.78 is 5.72. The molecular formula is C13H13NO2. The molecule has 3 heteroatoms. The van der Waals surface area contributed by atoms with Crippen LogP contribution in [0, 0.1) is 0 Å². The van der Waals surface area contributed by atoms with Crippen molar-refractivity contribution in [1.29, 1.82) is 0 Å². The number of hydrogen-bond acceptors (Lipinski definition) is 3. The van der Waals surface area contributed by atoms with Gasteiger partial charge in [-0.05, 0) is 13.1 Å². The molecule has 3 rings (SSSR count). The van der Waals surface area contributed by atoms with Gasteiger partial charge >= 0.3 is 0 Å². The fourth-order valence-electron chi connectivity index (χ4n) is 2.16. The van der Waals surface area contributed by atoms with Gasteiger partial charge in [0.1, 0.15) is 18.2 Å². The third-order valence-electron chi connectivity index (χ3n) is 2.94. The Morgan fingerprint density at radius 3 is 2.94 bits per heavy atom. The highest BCUT2D eigenvalue weighted by atomic mass is 16.5. The first kappa shape index (κ1) is 9.48. The van der Waals surface area contributed by atoms with Crippen molar-refractivity contribution in [2.45, 2.75) is 6.54 Å². The van der Waals surface area contributed by atoms with Gasteiger partial charge in [0.15, 0.2) is 0 Å². The molecule has 0 fully saturated rings. The summed E-state index contributed by atoms with van der Waals surface area (Å²) >= 11 is 0.